The van der Waals surface area contributed by atoms with Gasteiger partial charge in [0, 0.05) is 19.3 Å². The predicted molar refractivity (Wildman–Crippen MR) is 61.0 cm³/mol. The van der Waals surface area contributed by atoms with Gasteiger partial charge in [0.25, 0.3) is 5.91 Å². The van der Waals surface area contributed by atoms with Crippen LogP contribution in [0.2, 0.25) is 0 Å². The highest BCUT2D eigenvalue weighted by atomic mass is 16.2. The maximum atomic E-state index is 12.0. The highest BCUT2D eigenvalue weighted by Crippen LogP contribution is 2.09. The lowest BCUT2D eigenvalue weighted by atomic mass is 10.2. The summed E-state index contributed by atoms with van der Waals surface area (Å²) in [6.45, 7) is 1.03. The molecule has 1 aromatic rings. The molecule has 0 spiro atoms. The number of amides is 2. The Kier molecular flexibility index (Phi) is 3.20. The van der Waals surface area contributed by atoms with Gasteiger partial charge in [-0.3, -0.25) is 20.4 Å². The Labute approximate surface area is 98.0 Å². The average molecular weight is 235 g/mol. The molecule has 7 heteroatoms. The van der Waals surface area contributed by atoms with Crippen molar-refractivity contribution in [3.8, 4) is 0 Å². The van der Waals surface area contributed by atoms with E-state index in [9.17, 15) is 9.59 Å². The van der Waals surface area contributed by atoms with E-state index in [1.807, 2.05) is 0 Å². The SMILES string of the molecule is NNc1ccnc(C(=O)N2CCNC(=O)C2)c1. The number of piperazine rings is 1. The number of hydrazine groups is 1. The van der Waals surface area contributed by atoms with Crippen LogP contribution in [0.3, 0.4) is 0 Å². The summed E-state index contributed by atoms with van der Waals surface area (Å²) in [4.78, 5) is 28.6. The number of nitrogens with two attached hydrogens (primary N) is 1. The Morgan fingerprint density at radius 1 is 1.59 bits per heavy atom. The summed E-state index contributed by atoms with van der Waals surface area (Å²) in [5.74, 6) is 4.83. The maximum Gasteiger partial charge on any atom is 0.273 e. The first-order valence-electron chi connectivity index (χ1n) is 5.19. The Morgan fingerprint density at radius 2 is 2.41 bits per heavy atom. The summed E-state index contributed by atoms with van der Waals surface area (Å²) in [7, 11) is 0. The normalized spacial score (nSPS) is 15.4. The van der Waals surface area contributed by atoms with E-state index < -0.39 is 0 Å². The Balaban J connectivity index is 2.15. The van der Waals surface area contributed by atoms with E-state index in [1.165, 1.54) is 11.1 Å². The van der Waals surface area contributed by atoms with Crippen LogP contribution >= 0.6 is 0 Å². The minimum Gasteiger partial charge on any atom is -0.353 e. The molecule has 0 bridgehead atoms. The molecule has 1 aliphatic heterocycles. The smallest absolute Gasteiger partial charge is 0.273 e. The fraction of sp³-hybridized carbons (Fsp3) is 0.300. The molecule has 90 valence electrons. The molecule has 0 aliphatic carbocycles. The van der Waals surface area contributed by atoms with Crippen LogP contribution in [0.1, 0.15) is 10.5 Å². The van der Waals surface area contributed by atoms with Crippen LogP contribution in [0, 0.1) is 0 Å². The third-order valence-corrected chi connectivity index (χ3v) is 2.47. The van der Waals surface area contributed by atoms with Crippen LogP contribution < -0.4 is 16.6 Å². The van der Waals surface area contributed by atoms with Gasteiger partial charge in [-0.25, -0.2) is 0 Å². The molecule has 1 aromatic heterocycles. The van der Waals surface area contributed by atoms with Crippen LogP contribution in [-0.2, 0) is 4.79 Å². The van der Waals surface area contributed by atoms with Crippen molar-refractivity contribution >= 4 is 17.5 Å². The minimum absolute atomic E-state index is 0.0702. The van der Waals surface area contributed by atoms with Gasteiger partial charge in [0.1, 0.15) is 5.69 Å². The van der Waals surface area contributed by atoms with Crippen molar-refractivity contribution in [1.82, 2.24) is 15.2 Å². The van der Waals surface area contributed by atoms with Crippen molar-refractivity contribution in [3.63, 3.8) is 0 Å². The average Bonchev–Trinajstić information content (AvgIpc) is 2.38. The Bertz CT molecular complexity index is 448. The number of nitrogens with zero attached hydrogens (tertiary/aromatic N) is 2. The maximum absolute atomic E-state index is 12.0. The monoisotopic (exact) mass is 235 g/mol. The number of nitrogens with one attached hydrogen (secondary N) is 2. The van der Waals surface area contributed by atoms with Gasteiger partial charge >= 0.3 is 0 Å². The van der Waals surface area contributed by atoms with Crippen LogP contribution in [-0.4, -0.2) is 41.3 Å². The number of carbonyl (C=O) groups is 2. The molecule has 17 heavy (non-hydrogen) atoms. The molecule has 1 saturated heterocycles. The first kappa shape index (κ1) is 11.3. The van der Waals surface area contributed by atoms with E-state index in [-0.39, 0.29) is 24.1 Å². The van der Waals surface area contributed by atoms with E-state index in [2.05, 4.69) is 15.7 Å². The Hall–Kier alpha value is -2.15. The zero-order chi connectivity index (χ0) is 12.3. The first-order valence-corrected chi connectivity index (χ1v) is 5.19. The van der Waals surface area contributed by atoms with Gasteiger partial charge in [-0.05, 0) is 12.1 Å². The lowest BCUT2D eigenvalue weighted by molar-refractivity contribution is -0.123. The number of carbonyl (C=O) groups excluding carboxylic acids is 2. The Morgan fingerprint density at radius 3 is 3.12 bits per heavy atom. The van der Waals surface area contributed by atoms with Crippen LogP contribution in [0.5, 0.6) is 0 Å². The second-order valence-corrected chi connectivity index (χ2v) is 3.65. The molecule has 0 aromatic carbocycles. The number of aromatic nitrogens is 1. The molecule has 2 amide bonds. The molecule has 1 aliphatic rings. The zero-order valence-electron chi connectivity index (χ0n) is 9.14. The van der Waals surface area contributed by atoms with E-state index in [4.69, 9.17) is 5.84 Å². The van der Waals surface area contributed by atoms with Gasteiger partial charge < -0.3 is 15.6 Å². The third kappa shape index (κ3) is 2.51. The summed E-state index contributed by atoms with van der Waals surface area (Å²) in [6, 6.07) is 3.20. The molecule has 0 unspecified atom stereocenters. The van der Waals surface area contributed by atoms with Gasteiger partial charge in [0.2, 0.25) is 5.91 Å². The number of hydrogen-bond acceptors (Lipinski definition) is 5. The molecule has 7 nitrogen and oxygen atoms in total. The van der Waals surface area contributed by atoms with E-state index in [1.54, 1.807) is 12.1 Å². The van der Waals surface area contributed by atoms with Crippen LogP contribution in [0.15, 0.2) is 18.3 Å². The summed E-state index contributed by atoms with van der Waals surface area (Å²) in [6.07, 6.45) is 1.49. The standard InChI is InChI=1S/C10H13N5O2/c11-14-7-1-2-12-8(5-7)10(17)15-4-3-13-9(16)6-15/h1-2,5H,3-4,6,11H2,(H,12,14)(H,13,16). The fourth-order valence-electron chi connectivity index (χ4n) is 1.61. The molecule has 0 saturated carbocycles. The van der Waals surface area contributed by atoms with Gasteiger partial charge in [0.05, 0.1) is 12.2 Å². The topological polar surface area (TPSA) is 100 Å². The van der Waals surface area contributed by atoms with Crippen molar-refractivity contribution in [1.29, 1.82) is 0 Å². The number of nitrogen functional groups attached to an aromatic ring is 1. The van der Waals surface area contributed by atoms with Crippen LogP contribution in [0.4, 0.5) is 5.69 Å². The molecular weight excluding hydrogens is 222 g/mol. The number of pyridine rings is 1. The summed E-state index contributed by atoms with van der Waals surface area (Å²) in [5.41, 5.74) is 3.32. The molecule has 0 radical (unpaired) electrons. The highest BCUT2D eigenvalue weighted by molar-refractivity contribution is 5.96. The third-order valence-electron chi connectivity index (χ3n) is 2.47. The lowest BCUT2D eigenvalue weighted by Gasteiger charge is -2.26. The number of hydrogen-bond donors (Lipinski definition) is 3. The van der Waals surface area contributed by atoms with E-state index >= 15 is 0 Å². The molecule has 1 fully saturated rings. The minimum atomic E-state index is -0.267. The zero-order valence-corrected chi connectivity index (χ0v) is 9.14. The van der Waals surface area contributed by atoms with Gasteiger partial charge in [-0.1, -0.05) is 0 Å². The van der Waals surface area contributed by atoms with Crippen LogP contribution in [0.25, 0.3) is 0 Å². The largest absolute Gasteiger partial charge is 0.353 e. The summed E-state index contributed by atoms with van der Waals surface area (Å²) < 4.78 is 0. The lowest BCUT2D eigenvalue weighted by Crippen LogP contribution is -2.50. The van der Waals surface area contributed by atoms with Gasteiger partial charge in [-0.2, -0.15) is 0 Å². The fourth-order valence-corrected chi connectivity index (χ4v) is 1.61. The first-order chi connectivity index (χ1) is 8.20. The highest BCUT2D eigenvalue weighted by Gasteiger charge is 2.23. The molecule has 0 atom stereocenters. The second kappa shape index (κ2) is 4.79. The van der Waals surface area contributed by atoms with Crippen molar-refractivity contribution in [2.24, 2.45) is 5.84 Å². The molecular formula is C10H13N5O2. The van der Waals surface area contributed by atoms with Crippen molar-refractivity contribution in [3.05, 3.63) is 24.0 Å². The van der Waals surface area contributed by atoms with E-state index in [0.29, 0.717) is 18.8 Å². The van der Waals surface area contributed by atoms with Crippen molar-refractivity contribution in [2.75, 3.05) is 25.1 Å². The second-order valence-electron chi connectivity index (χ2n) is 3.65. The number of rotatable bonds is 2. The molecule has 2 rings (SSSR count). The van der Waals surface area contributed by atoms with Gasteiger partial charge in [-0.15, -0.1) is 0 Å². The molecule has 4 N–H and O–H groups in total. The summed E-state index contributed by atoms with van der Waals surface area (Å²) in [5, 5.41) is 2.66. The number of anilines is 1. The quantitative estimate of drug-likeness (QED) is 0.448. The van der Waals surface area contributed by atoms with Crippen molar-refractivity contribution in [2.45, 2.75) is 0 Å². The predicted octanol–water partition coefficient (Wildman–Crippen LogP) is -1.06. The van der Waals surface area contributed by atoms with Crippen molar-refractivity contribution < 1.29 is 9.59 Å². The van der Waals surface area contributed by atoms with Gasteiger partial charge in [0.15, 0.2) is 0 Å². The van der Waals surface area contributed by atoms with E-state index in [0.717, 1.165) is 0 Å². The summed E-state index contributed by atoms with van der Waals surface area (Å²) >= 11 is 0. The molecule has 2 heterocycles.